The highest BCUT2D eigenvalue weighted by Crippen LogP contribution is 2.30. The SMILES string of the molecule is CCCNC1CCCC1CCSc1nc(C)cc(=O)[nH]1. The zero-order valence-electron chi connectivity index (χ0n) is 12.4. The van der Waals surface area contributed by atoms with Crippen LogP contribution in [0.5, 0.6) is 0 Å². The molecule has 1 aliphatic carbocycles. The van der Waals surface area contributed by atoms with Gasteiger partial charge in [0.1, 0.15) is 0 Å². The number of nitrogens with zero attached hydrogens (tertiary/aromatic N) is 1. The van der Waals surface area contributed by atoms with Gasteiger partial charge in [0.15, 0.2) is 5.16 Å². The normalized spacial score (nSPS) is 22.3. The molecular formula is C15H25N3OS. The predicted octanol–water partition coefficient (Wildman–Crippen LogP) is 2.73. The maximum atomic E-state index is 11.4. The van der Waals surface area contributed by atoms with Crippen LogP contribution in [0.1, 0.15) is 44.7 Å². The van der Waals surface area contributed by atoms with Crippen molar-refractivity contribution in [3.63, 3.8) is 0 Å². The summed E-state index contributed by atoms with van der Waals surface area (Å²) in [6, 6.07) is 2.23. The summed E-state index contributed by atoms with van der Waals surface area (Å²) in [7, 11) is 0. The van der Waals surface area contributed by atoms with E-state index in [-0.39, 0.29) is 5.56 Å². The average molecular weight is 295 g/mol. The molecule has 0 amide bonds. The first kappa shape index (κ1) is 15.6. The topological polar surface area (TPSA) is 57.8 Å². The molecule has 20 heavy (non-hydrogen) atoms. The molecule has 1 aromatic heterocycles. The average Bonchev–Trinajstić information content (AvgIpc) is 2.83. The predicted molar refractivity (Wildman–Crippen MR) is 84.4 cm³/mol. The first-order valence-corrected chi connectivity index (χ1v) is 8.61. The van der Waals surface area contributed by atoms with E-state index in [0.717, 1.165) is 29.1 Å². The summed E-state index contributed by atoms with van der Waals surface area (Å²) < 4.78 is 0. The van der Waals surface area contributed by atoms with Gasteiger partial charge in [-0.1, -0.05) is 25.1 Å². The van der Waals surface area contributed by atoms with E-state index in [0.29, 0.717) is 6.04 Å². The van der Waals surface area contributed by atoms with Crippen molar-refractivity contribution in [3.05, 3.63) is 22.1 Å². The Labute approximate surface area is 125 Å². The molecule has 2 unspecified atom stereocenters. The van der Waals surface area contributed by atoms with Gasteiger partial charge in [-0.3, -0.25) is 4.79 Å². The highest BCUT2D eigenvalue weighted by Gasteiger charge is 2.26. The first-order chi connectivity index (χ1) is 9.69. The van der Waals surface area contributed by atoms with Crippen LogP contribution in [0.3, 0.4) is 0 Å². The maximum absolute atomic E-state index is 11.4. The van der Waals surface area contributed by atoms with Gasteiger partial charge >= 0.3 is 0 Å². The third-order valence-corrected chi connectivity index (χ3v) is 4.80. The Morgan fingerprint density at radius 2 is 2.35 bits per heavy atom. The minimum absolute atomic E-state index is 0.0524. The molecule has 0 bridgehead atoms. The largest absolute Gasteiger partial charge is 0.314 e. The lowest BCUT2D eigenvalue weighted by Gasteiger charge is -2.20. The van der Waals surface area contributed by atoms with Crippen molar-refractivity contribution in [1.82, 2.24) is 15.3 Å². The summed E-state index contributed by atoms with van der Waals surface area (Å²) in [5.41, 5.74) is 0.739. The summed E-state index contributed by atoms with van der Waals surface area (Å²) in [5.74, 6) is 1.81. The molecule has 4 nitrogen and oxygen atoms in total. The van der Waals surface area contributed by atoms with Crippen LogP contribution < -0.4 is 10.9 Å². The molecule has 0 radical (unpaired) electrons. The number of aromatic amines is 1. The van der Waals surface area contributed by atoms with Crippen molar-refractivity contribution >= 4 is 11.8 Å². The fourth-order valence-electron chi connectivity index (χ4n) is 2.91. The van der Waals surface area contributed by atoms with E-state index in [4.69, 9.17) is 0 Å². The van der Waals surface area contributed by atoms with Crippen LogP contribution >= 0.6 is 11.8 Å². The lowest BCUT2D eigenvalue weighted by atomic mass is 10.0. The minimum atomic E-state index is -0.0524. The number of rotatable bonds is 7. The first-order valence-electron chi connectivity index (χ1n) is 7.63. The molecule has 112 valence electrons. The van der Waals surface area contributed by atoms with Gasteiger partial charge in [-0.05, 0) is 45.1 Å². The zero-order chi connectivity index (χ0) is 14.4. The van der Waals surface area contributed by atoms with Crippen molar-refractivity contribution in [2.45, 2.75) is 57.1 Å². The number of nitrogens with one attached hydrogen (secondary N) is 2. The van der Waals surface area contributed by atoms with Gasteiger partial charge in [0.05, 0.1) is 0 Å². The standard InChI is InChI=1S/C15H25N3OS/c1-3-8-16-13-6-4-5-12(13)7-9-20-15-17-11(2)10-14(19)18-15/h10,12-13,16H,3-9H2,1-2H3,(H,17,18,19). The molecule has 0 saturated heterocycles. The lowest BCUT2D eigenvalue weighted by molar-refractivity contribution is 0.393. The van der Waals surface area contributed by atoms with Crippen LogP contribution in [0.2, 0.25) is 0 Å². The Morgan fingerprint density at radius 1 is 1.50 bits per heavy atom. The van der Waals surface area contributed by atoms with Crippen LogP contribution in [0, 0.1) is 12.8 Å². The third-order valence-electron chi connectivity index (χ3n) is 3.89. The minimum Gasteiger partial charge on any atom is -0.314 e. The van der Waals surface area contributed by atoms with Gasteiger partial charge < -0.3 is 10.3 Å². The number of hydrogen-bond donors (Lipinski definition) is 2. The number of aryl methyl sites for hydroxylation is 1. The Hall–Kier alpha value is -0.810. The Balaban J connectivity index is 1.78. The smallest absolute Gasteiger partial charge is 0.251 e. The summed E-state index contributed by atoms with van der Waals surface area (Å²) in [4.78, 5) is 18.5. The highest BCUT2D eigenvalue weighted by atomic mass is 32.2. The molecule has 2 N–H and O–H groups in total. The fraction of sp³-hybridized carbons (Fsp3) is 0.733. The molecular weight excluding hydrogens is 270 g/mol. The maximum Gasteiger partial charge on any atom is 0.251 e. The molecule has 1 fully saturated rings. The summed E-state index contributed by atoms with van der Waals surface area (Å²) in [6.07, 6.45) is 6.39. The summed E-state index contributed by atoms with van der Waals surface area (Å²) >= 11 is 1.67. The second-order valence-corrected chi connectivity index (χ2v) is 6.66. The van der Waals surface area contributed by atoms with Crippen molar-refractivity contribution in [3.8, 4) is 0 Å². The quantitative estimate of drug-likeness (QED) is 0.600. The summed E-state index contributed by atoms with van der Waals surface area (Å²) in [6.45, 7) is 5.20. The van der Waals surface area contributed by atoms with E-state index >= 15 is 0 Å². The van der Waals surface area contributed by atoms with Crippen LogP contribution in [-0.2, 0) is 0 Å². The Kier molecular flexibility index (Phi) is 6.10. The Bertz CT molecular complexity index is 474. The van der Waals surface area contributed by atoms with Crippen molar-refractivity contribution in [2.75, 3.05) is 12.3 Å². The van der Waals surface area contributed by atoms with E-state index in [9.17, 15) is 4.79 Å². The molecule has 1 aliphatic rings. The van der Waals surface area contributed by atoms with Crippen LogP contribution in [0.25, 0.3) is 0 Å². The van der Waals surface area contributed by atoms with E-state index in [1.807, 2.05) is 6.92 Å². The van der Waals surface area contributed by atoms with Crippen molar-refractivity contribution < 1.29 is 0 Å². The van der Waals surface area contributed by atoms with Gasteiger partial charge in [0, 0.05) is 23.6 Å². The number of thioether (sulfide) groups is 1. The molecule has 1 saturated carbocycles. The molecule has 0 aromatic carbocycles. The fourth-order valence-corrected chi connectivity index (χ4v) is 3.90. The lowest BCUT2D eigenvalue weighted by Crippen LogP contribution is -2.33. The van der Waals surface area contributed by atoms with Crippen molar-refractivity contribution in [1.29, 1.82) is 0 Å². The second-order valence-electron chi connectivity index (χ2n) is 5.58. The van der Waals surface area contributed by atoms with Crippen LogP contribution in [0.4, 0.5) is 0 Å². The molecule has 5 heteroatoms. The monoisotopic (exact) mass is 295 g/mol. The van der Waals surface area contributed by atoms with Gasteiger partial charge in [0.2, 0.25) is 0 Å². The van der Waals surface area contributed by atoms with Gasteiger partial charge in [0.25, 0.3) is 5.56 Å². The van der Waals surface area contributed by atoms with Gasteiger partial charge in [-0.25, -0.2) is 4.98 Å². The van der Waals surface area contributed by atoms with E-state index in [1.54, 1.807) is 11.8 Å². The van der Waals surface area contributed by atoms with Crippen molar-refractivity contribution in [2.24, 2.45) is 5.92 Å². The molecule has 1 aromatic rings. The Morgan fingerprint density at radius 3 is 3.10 bits per heavy atom. The number of hydrogen-bond acceptors (Lipinski definition) is 4. The van der Waals surface area contributed by atoms with E-state index in [1.165, 1.54) is 38.2 Å². The summed E-state index contributed by atoms with van der Waals surface area (Å²) in [5, 5.41) is 4.42. The zero-order valence-corrected chi connectivity index (χ0v) is 13.3. The second kappa shape index (κ2) is 7.84. The molecule has 2 rings (SSSR count). The van der Waals surface area contributed by atoms with Gasteiger partial charge in [-0.15, -0.1) is 0 Å². The molecule has 0 aliphatic heterocycles. The van der Waals surface area contributed by atoms with Gasteiger partial charge in [-0.2, -0.15) is 0 Å². The molecule has 2 atom stereocenters. The third kappa shape index (κ3) is 4.63. The molecule has 0 spiro atoms. The number of aromatic nitrogens is 2. The van der Waals surface area contributed by atoms with Crippen LogP contribution in [-0.4, -0.2) is 28.3 Å². The molecule has 1 heterocycles. The number of H-pyrrole nitrogens is 1. The highest BCUT2D eigenvalue weighted by molar-refractivity contribution is 7.99. The van der Waals surface area contributed by atoms with Crippen LogP contribution in [0.15, 0.2) is 16.0 Å². The van der Waals surface area contributed by atoms with E-state index in [2.05, 4.69) is 22.2 Å². The van der Waals surface area contributed by atoms with E-state index < -0.39 is 0 Å².